The van der Waals surface area contributed by atoms with Gasteiger partial charge < -0.3 is 0 Å². The number of hydrogen-bond acceptors (Lipinski definition) is 3. The second kappa shape index (κ2) is 12.2. The minimum atomic E-state index is -1.97. The van der Waals surface area contributed by atoms with Gasteiger partial charge in [-0.05, 0) is 0 Å². The Hall–Kier alpha value is -0.310. The predicted octanol–water partition coefficient (Wildman–Crippen LogP) is 4.05. The number of carbonyl (C=O) groups excluding carboxylic acids is 2. The van der Waals surface area contributed by atoms with Crippen molar-refractivity contribution in [2.24, 2.45) is 0 Å². The number of hydrogen-bond donors (Lipinski definition) is 0. The molecule has 0 radical (unpaired) electrons. The van der Waals surface area contributed by atoms with E-state index in [1.54, 1.807) is 0 Å². The summed E-state index contributed by atoms with van der Waals surface area (Å²) in [5.74, 6) is 0. The Morgan fingerprint density at radius 3 is 1.68 bits per heavy atom. The Bertz CT molecular complexity index is 304. The molecular formula is C17H36NO3P. The average Bonchev–Trinajstić information content (AvgIpc) is 2.42. The standard InChI is InChI=1S/C17H36NO3P/c1-6-8-10-12-16(19)22(17(20)13-11-9-7-2)21-15-14-18(3,4)5/h22H,6-15H2,1-5H3. The van der Waals surface area contributed by atoms with Gasteiger partial charge in [0.15, 0.2) is 0 Å². The maximum absolute atomic E-state index is 12.3. The molecule has 0 aromatic heterocycles. The molecule has 132 valence electrons. The summed E-state index contributed by atoms with van der Waals surface area (Å²) in [5.41, 5.74) is 0.141. The van der Waals surface area contributed by atoms with E-state index < -0.39 is 8.15 Å². The fourth-order valence-corrected chi connectivity index (χ4v) is 3.77. The van der Waals surface area contributed by atoms with Crippen molar-refractivity contribution in [1.82, 2.24) is 0 Å². The van der Waals surface area contributed by atoms with E-state index in [0.717, 1.165) is 49.6 Å². The third-order valence-electron chi connectivity index (χ3n) is 3.53. The average molecular weight is 333 g/mol. The van der Waals surface area contributed by atoms with Crippen molar-refractivity contribution in [1.29, 1.82) is 0 Å². The first-order valence-corrected chi connectivity index (χ1v) is 10.1. The Morgan fingerprint density at radius 1 is 0.864 bits per heavy atom. The van der Waals surface area contributed by atoms with Crippen LogP contribution in [0.15, 0.2) is 0 Å². The SMILES string of the molecule is CCCCCC(=O)[PH-](OCC[N+](C)(C)C)C(=O)CCCCC. The molecule has 4 nitrogen and oxygen atoms in total. The van der Waals surface area contributed by atoms with E-state index in [2.05, 4.69) is 35.0 Å². The summed E-state index contributed by atoms with van der Waals surface area (Å²) in [4.78, 5) is 24.7. The molecule has 0 aliphatic carbocycles. The van der Waals surface area contributed by atoms with Gasteiger partial charge in [0.05, 0.1) is 0 Å². The van der Waals surface area contributed by atoms with Gasteiger partial charge in [0.25, 0.3) is 0 Å². The van der Waals surface area contributed by atoms with Crippen LogP contribution in [-0.2, 0) is 14.1 Å². The molecule has 0 spiro atoms. The van der Waals surface area contributed by atoms with Gasteiger partial charge in [0, 0.05) is 0 Å². The molecule has 0 amide bonds. The van der Waals surface area contributed by atoms with Crippen LogP contribution in [0.1, 0.15) is 65.2 Å². The summed E-state index contributed by atoms with van der Waals surface area (Å²) in [7, 11) is 4.28. The molecule has 0 saturated carbocycles. The van der Waals surface area contributed by atoms with Crippen molar-refractivity contribution in [3.05, 3.63) is 0 Å². The molecule has 0 N–H and O–H groups in total. The quantitative estimate of drug-likeness (QED) is 0.274. The van der Waals surface area contributed by atoms with Crippen molar-refractivity contribution in [2.45, 2.75) is 65.2 Å². The zero-order chi connectivity index (χ0) is 17.0. The van der Waals surface area contributed by atoms with Crippen LogP contribution in [0.25, 0.3) is 0 Å². The molecule has 0 aliphatic heterocycles. The summed E-state index contributed by atoms with van der Waals surface area (Å²) < 4.78 is 6.57. The summed E-state index contributed by atoms with van der Waals surface area (Å²) in [6.07, 6.45) is 7.03. The first-order valence-electron chi connectivity index (χ1n) is 8.68. The summed E-state index contributed by atoms with van der Waals surface area (Å²) in [6, 6.07) is 0. The van der Waals surface area contributed by atoms with E-state index in [-0.39, 0.29) is 11.0 Å². The van der Waals surface area contributed by atoms with E-state index in [9.17, 15) is 9.59 Å². The monoisotopic (exact) mass is 333 g/mol. The van der Waals surface area contributed by atoms with Crippen molar-refractivity contribution in [3.8, 4) is 0 Å². The van der Waals surface area contributed by atoms with Crippen LogP contribution in [0.4, 0.5) is 0 Å². The van der Waals surface area contributed by atoms with Crippen LogP contribution >= 0.6 is 8.15 Å². The van der Waals surface area contributed by atoms with Crippen molar-refractivity contribution < 1.29 is 18.6 Å². The second-order valence-electron chi connectivity index (χ2n) is 6.95. The Balaban J connectivity index is 4.47. The maximum atomic E-state index is 12.3. The number of rotatable bonds is 14. The van der Waals surface area contributed by atoms with Gasteiger partial charge in [0.1, 0.15) is 0 Å². The van der Waals surface area contributed by atoms with E-state index >= 15 is 0 Å². The second-order valence-corrected chi connectivity index (χ2v) is 9.01. The van der Waals surface area contributed by atoms with Gasteiger partial charge in [0.2, 0.25) is 0 Å². The van der Waals surface area contributed by atoms with Crippen molar-refractivity contribution in [3.63, 3.8) is 0 Å². The van der Waals surface area contributed by atoms with Gasteiger partial charge >= 0.3 is 137 Å². The molecule has 0 saturated heterocycles. The number of quaternary nitrogens is 1. The summed E-state index contributed by atoms with van der Waals surface area (Å²) >= 11 is 0. The fraction of sp³-hybridized carbons (Fsp3) is 0.882. The summed E-state index contributed by atoms with van der Waals surface area (Å²) in [6.45, 7) is 5.55. The van der Waals surface area contributed by atoms with E-state index in [1.807, 2.05) is 0 Å². The van der Waals surface area contributed by atoms with Crippen molar-refractivity contribution >= 4 is 19.2 Å². The summed E-state index contributed by atoms with van der Waals surface area (Å²) in [5, 5.41) is 0. The van der Waals surface area contributed by atoms with Gasteiger partial charge in [-0.25, -0.2) is 0 Å². The number of likely N-dealkylation sites (N-methyl/N-ethyl adjacent to an activating group) is 1. The molecule has 0 rings (SSSR count). The first kappa shape index (κ1) is 21.7. The zero-order valence-corrected chi connectivity index (χ0v) is 16.2. The minimum absolute atomic E-state index is 0.0707. The predicted molar refractivity (Wildman–Crippen MR) is 95.5 cm³/mol. The molecule has 0 bridgehead atoms. The normalized spacial score (nSPS) is 12.3. The van der Waals surface area contributed by atoms with Gasteiger partial charge in [-0.15, -0.1) is 0 Å². The number of nitrogens with zero attached hydrogens (tertiary/aromatic N) is 1. The van der Waals surface area contributed by atoms with Crippen LogP contribution in [0.2, 0.25) is 0 Å². The molecule has 0 heterocycles. The van der Waals surface area contributed by atoms with Crippen LogP contribution in [0.5, 0.6) is 0 Å². The molecule has 5 heteroatoms. The molecule has 0 aromatic rings. The molecule has 0 aliphatic rings. The third kappa shape index (κ3) is 11.3. The van der Waals surface area contributed by atoms with Crippen LogP contribution in [-0.4, -0.2) is 49.8 Å². The van der Waals surface area contributed by atoms with E-state index in [4.69, 9.17) is 4.52 Å². The van der Waals surface area contributed by atoms with E-state index in [1.165, 1.54) is 0 Å². The molecule has 0 unspecified atom stereocenters. The molecular weight excluding hydrogens is 297 g/mol. The fourth-order valence-electron chi connectivity index (χ4n) is 2.04. The zero-order valence-electron chi connectivity index (χ0n) is 15.2. The third-order valence-corrected chi connectivity index (χ3v) is 5.54. The van der Waals surface area contributed by atoms with Gasteiger partial charge in [-0.3, -0.25) is 0 Å². The van der Waals surface area contributed by atoms with E-state index in [0.29, 0.717) is 19.4 Å². The van der Waals surface area contributed by atoms with Gasteiger partial charge in [-0.1, -0.05) is 0 Å². The molecule has 0 aromatic carbocycles. The van der Waals surface area contributed by atoms with Crippen molar-refractivity contribution in [2.75, 3.05) is 34.3 Å². The van der Waals surface area contributed by atoms with Crippen LogP contribution in [0, 0.1) is 0 Å². The van der Waals surface area contributed by atoms with Crippen LogP contribution in [0.3, 0.4) is 0 Å². The van der Waals surface area contributed by atoms with Crippen LogP contribution < -0.4 is 0 Å². The topological polar surface area (TPSA) is 43.4 Å². The molecule has 0 fully saturated rings. The Labute approximate surface area is 138 Å². The first-order chi connectivity index (χ1) is 10.3. The Kier molecular flexibility index (Phi) is 12.0. The Morgan fingerprint density at radius 2 is 1.32 bits per heavy atom. The number of unbranched alkanes of at least 4 members (excludes halogenated alkanes) is 4. The number of carbonyl (C=O) groups is 2. The molecule has 22 heavy (non-hydrogen) atoms. The molecule has 0 atom stereocenters. The van der Waals surface area contributed by atoms with Gasteiger partial charge in [-0.2, -0.15) is 0 Å².